The molecule has 0 spiro atoms. The third kappa shape index (κ3) is 2.11. The van der Waals surface area contributed by atoms with E-state index < -0.39 is 0 Å². The second-order valence-electron chi connectivity index (χ2n) is 4.13. The Kier molecular flexibility index (Phi) is 3.00. The van der Waals surface area contributed by atoms with Crippen LogP contribution in [0.5, 0.6) is 0 Å². The lowest BCUT2D eigenvalue weighted by atomic mass is 9.99. The van der Waals surface area contributed by atoms with Crippen molar-refractivity contribution in [3.05, 3.63) is 54.1 Å². The first kappa shape index (κ1) is 10.8. The Morgan fingerprint density at radius 1 is 1.06 bits per heavy atom. The van der Waals surface area contributed by atoms with Crippen molar-refractivity contribution >= 4 is 0 Å². The van der Waals surface area contributed by atoms with Gasteiger partial charge in [-0.2, -0.15) is 0 Å². The largest absolute Gasteiger partial charge is 0.262 e. The quantitative estimate of drug-likeness (QED) is 0.737. The Hall–Kier alpha value is -1.70. The van der Waals surface area contributed by atoms with Crippen LogP contribution in [-0.2, 0) is 0 Å². The van der Waals surface area contributed by atoms with Crippen LogP contribution in [-0.4, -0.2) is 4.98 Å². The van der Waals surface area contributed by atoms with Gasteiger partial charge >= 0.3 is 0 Å². The molecule has 82 valence electrons. The standard InChI is InChI=1S/C14H14FN/c1-10(2)11-3-5-12(6-4-11)13-7-8-16-9-14(13)15/h3-10H,1-2H3. The number of hydrogen-bond donors (Lipinski definition) is 0. The van der Waals surface area contributed by atoms with Crippen molar-refractivity contribution in [2.75, 3.05) is 0 Å². The van der Waals surface area contributed by atoms with Gasteiger partial charge in [-0.25, -0.2) is 4.39 Å². The molecule has 1 aromatic heterocycles. The summed E-state index contributed by atoms with van der Waals surface area (Å²) in [7, 11) is 0. The highest BCUT2D eigenvalue weighted by Crippen LogP contribution is 2.24. The van der Waals surface area contributed by atoms with Gasteiger partial charge in [-0.05, 0) is 23.1 Å². The Morgan fingerprint density at radius 3 is 2.31 bits per heavy atom. The minimum Gasteiger partial charge on any atom is -0.262 e. The van der Waals surface area contributed by atoms with Crippen LogP contribution in [0.1, 0.15) is 25.3 Å². The molecule has 2 aromatic rings. The monoisotopic (exact) mass is 215 g/mol. The average molecular weight is 215 g/mol. The molecule has 1 heterocycles. The third-order valence-electron chi connectivity index (χ3n) is 2.66. The molecule has 0 fully saturated rings. The van der Waals surface area contributed by atoms with Gasteiger partial charge in [0.25, 0.3) is 0 Å². The Morgan fingerprint density at radius 2 is 1.75 bits per heavy atom. The number of pyridine rings is 1. The third-order valence-corrected chi connectivity index (χ3v) is 2.66. The first-order valence-corrected chi connectivity index (χ1v) is 5.38. The maximum atomic E-state index is 13.5. The zero-order chi connectivity index (χ0) is 11.5. The highest BCUT2D eigenvalue weighted by molar-refractivity contribution is 5.63. The summed E-state index contributed by atoms with van der Waals surface area (Å²) >= 11 is 0. The predicted octanol–water partition coefficient (Wildman–Crippen LogP) is 4.01. The topological polar surface area (TPSA) is 12.9 Å². The number of hydrogen-bond acceptors (Lipinski definition) is 1. The van der Waals surface area contributed by atoms with Gasteiger partial charge in [-0.15, -0.1) is 0 Å². The summed E-state index contributed by atoms with van der Waals surface area (Å²) in [5, 5.41) is 0. The van der Waals surface area contributed by atoms with Crippen LogP contribution < -0.4 is 0 Å². The molecule has 16 heavy (non-hydrogen) atoms. The number of halogens is 1. The SMILES string of the molecule is CC(C)c1ccc(-c2ccncc2F)cc1. The molecule has 0 atom stereocenters. The van der Waals surface area contributed by atoms with E-state index in [-0.39, 0.29) is 5.82 Å². The van der Waals surface area contributed by atoms with Crippen LogP contribution in [0, 0.1) is 5.82 Å². The fourth-order valence-electron chi connectivity index (χ4n) is 1.66. The first-order chi connectivity index (χ1) is 7.68. The molecule has 1 nitrogen and oxygen atoms in total. The molecule has 2 rings (SSSR count). The Balaban J connectivity index is 2.39. The summed E-state index contributed by atoms with van der Waals surface area (Å²) in [5.74, 6) is 0.219. The Bertz CT molecular complexity index is 474. The number of nitrogens with zero attached hydrogens (tertiary/aromatic N) is 1. The fraction of sp³-hybridized carbons (Fsp3) is 0.214. The van der Waals surface area contributed by atoms with Crippen molar-refractivity contribution in [2.45, 2.75) is 19.8 Å². The molecule has 0 saturated heterocycles. The van der Waals surface area contributed by atoms with Gasteiger partial charge in [-0.3, -0.25) is 4.98 Å². The van der Waals surface area contributed by atoms with Crippen LogP contribution in [0.3, 0.4) is 0 Å². The summed E-state index contributed by atoms with van der Waals surface area (Å²) < 4.78 is 13.5. The molecule has 0 bridgehead atoms. The fourth-order valence-corrected chi connectivity index (χ4v) is 1.66. The van der Waals surface area contributed by atoms with Crippen molar-refractivity contribution in [2.24, 2.45) is 0 Å². The predicted molar refractivity (Wildman–Crippen MR) is 63.7 cm³/mol. The van der Waals surface area contributed by atoms with Crippen molar-refractivity contribution in [1.82, 2.24) is 4.98 Å². The summed E-state index contributed by atoms with van der Waals surface area (Å²) in [4.78, 5) is 3.74. The minimum absolute atomic E-state index is 0.278. The molecule has 0 saturated carbocycles. The minimum atomic E-state index is -0.278. The van der Waals surface area contributed by atoms with Crippen LogP contribution in [0.4, 0.5) is 4.39 Å². The van der Waals surface area contributed by atoms with Crippen molar-refractivity contribution in [1.29, 1.82) is 0 Å². The number of rotatable bonds is 2. The normalized spacial score (nSPS) is 10.8. The lowest BCUT2D eigenvalue weighted by molar-refractivity contribution is 0.625. The molecule has 0 amide bonds. The van der Waals surface area contributed by atoms with Crippen molar-refractivity contribution in [3.8, 4) is 11.1 Å². The second kappa shape index (κ2) is 4.44. The molecule has 0 radical (unpaired) electrons. The van der Waals surface area contributed by atoms with E-state index in [0.29, 0.717) is 11.5 Å². The van der Waals surface area contributed by atoms with Crippen molar-refractivity contribution < 1.29 is 4.39 Å². The molecule has 0 N–H and O–H groups in total. The zero-order valence-electron chi connectivity index (χ0n) is 9.44. The van der Waals surface area contributed by atoms with Gasteiger partial charge in [0.15, 0.2) is 0 Å². The molecule has 1 aromatic carbocycles. The maximum absolute atomic E-state index is 13.5. The summed E-state index contributed by atoms with van der Waals surface area (Å²) in [5.41, 5.74) is 2.76. The van der Waals surface area contributed by atoms with E-state index >= 15 is 0 Å². The molecule has 2 heteroatoms. The highest BCUT2D eigenvalue weighted by Gasteiger charge is 2.05. The number of benzene rings is 1. The van der Waals surface area contributed by atoms with E-state index in [1.54, 1.807) is 12.3 Å². The smallest absolute Gasteiger partial charge is 0.149 e. The number of aromatic nitrogens is 1. The van der Waals surface area contributed by atoms with Crippen LogP contribution >= 0.6 is 0 Å². The lowest BCUT2D eigenvalue weighted by Crippen LogP contribution is -1.89. The maximum Gasteiger partial charge on any atom is 0.149 e. The van der Waals surface area contributed by atoms with E-state index in [1.807, 2.05) is 24.3 Å². The van der Waals surface area contributed by atoms with Gasteiger partial charge < -0.3 is 0 Å². The van der Waals surface area contributed by atoms with Gasteiger partial charge in [-0.1, -0.05) is 38.1 Å². The van der Waals surface area contributed by atoms with Gasteiger partial charge in [0.1, 0.15) is 5.82 Å². The lowest BCUT2D eigenvalue weighted by Gasteiger charge is -2.07. The zero-order valence-corrected chi connectivity index (χ0v) is 9.44. The molecule has 0 unspecified atom stereocenters. The van der Waals surface area contributed by atoms with Crippen LogP contribution in [0.15, 0.2) is 42.7 Å². The van der Waals surface area contributed by atoms with E-state index in [2.05, 4.69) is 18.8 Å². The van der Waals surface area contributed by atoms with Crippen LogP contribution in [0.2, 0.25) is 0 Å². The molecular formula is C14H14FN. The van der Waals surface area contributed by atoms with Gasteiger partial charge in [0.05, 0.1) is 6.20 Å². The van der Waals surface area contributed by atoms with E-state index in [0.717, 1.165) is 5.56 Å². The second-order valence-corrected chi connectivity index (χ2v) is 4.13. The van der Waals surface area contributed by atoms with Gasteiger partial charge in [0, 0.05) is 11.8 Å². The Labute approximate surface area is 95.0 Å². The molecule has 0 aliphatic rings. The van der Waals surface area contributed by atoms with E-state index in [1.165, 1.54) is 11.8 Å². The van der Waals surface area contributed by atoms with E-state index in [4.69, 9.17) is 0 Å². The molecule has 0 aliphatic heterocycles. The summed E-state index contributed by atoms with van der Waals surface area (Å²) in [6.07, 6.45) is 2.85. The first-order valence-electron chi connectivity index (χ1n) is 5.38. The summed E-state index contributed by atoms with van der Waals surface area (Å²) in [6, 6.07) is 9.68. The van der Waals surface area contributed by atoms with E-state index in [9.17, 15) is 4.39 Å². The highest BCUT2D eigenvalue weighted by atomic mass is 19.1. The van der Waals surface area contributed by atoms with Gasteiger partial charge in [0.2, 0.25) is 0 Å². The molecular weight excluding hydrogens is 201 g/mol. The molecule has 0 aliphatic carbocycles. The average Bonchev–Trinajstić information content (AvgIpc) is 2.30. The van der Waals surface area contributed by atoms with Crippen LogP contribution in [0.25, 0.3) is 11.1 Å². The summed E-state index contributed by atoms with van der Waals surface area (Å²) in [6.45, 7) is 4.28. The van der Waals surface area contributed by atoms with Crippen molar-refractivity contribution in [3.63, 3.8) is 0 Å².